The highest BCUT2D eigenvalue weighted by molar-refractivity contribution is 7.92. The molecule has 6 heteroatoms. The van der Waals surface area contributed by atoms with Gasteiger partial charge in [-0.05, 0) is 58.8 Å². The molecule has 1 heterocycles. The first-order valence-corrected chi connectivity index (χ1v) is 11.8. The Morgan fingerprint density at radius 2 is 1.55 bits per heavy atom. The summed E-state index contributed by atoms with van der Waals surface area (Å²) in [6.45, 7) is 1.98. The summed E-state index contributed by atoms with van der Waals surface area (Å²) < 4.78 is 27.4. The van der Waals surface area contributed by atoms with E-state index >= 15 is 0 Å². The second-order valence-electron chi connectivity index (χ2n) is 7.69. The van der Waals surface area contributed by atoms with Crippen molar-refractivity contribution in [3.05, 3.63) is 90.6 Å². The smallest absolute Gasteiger partial charge is 0.229 e. The van der Waals surface area contributed by atoms with E-state index in [1.54, 1.807) is 12.1 Å². The average molecular weight is 428 g/mol. The Kier molecular flexibility index (Phi) is 4.52. The summed E-state index contributed by atoms with van der Waals surface area (Å²) >= 11 is 0. The molecule has 0 saturated carbocycles. The topological polar surface area (TPSA) is 64.0 Å². The lowest BCUT2D eigenvalue weighted by atomic mass is 9.96. The molecule has 1 N–H and O–H groups in total. The minimum atomic E-state index is -3.32. The zero-order chi connectivity index (χ0) is 21.6. The number of rotatable bonds is 4. The van der Waals surface area contributed by atoms with Crippen molar-refractivity contribution in [1.82, 2.24) is 9.78 Å². The molecule has 4 aromatic carbocycles. The van der Waals surface area contributed by atoms with E-state index in [1.165, 1.54) is 21.5 Å². The van der Waals surface area contributed by atoms with Crippen LogP contribution in [0.25, 0.3) is 38.5 Å². The van der Waals surface area contributed by atoms with Gasteiger partial charge in [0.2, 0.25) is 10.0 Å². The zero-order valence-corrected chi connectivity index (χ0v) is 18.0. The molecule has 31 heavy (non-hydrogen) atoms. The Labute approximate surface area is 181 Å². The number of nitrogens with zero attached hydrogens (tertiary/aromatic N) is 2. The van der Waals surface area contributed by atoms with Gasteiger partial charge in [-0.3, -0.25) is 4.72 Å². The molecule has 0 saturated heterocycles. The summed E-state index contributed by atoms with van der Waals surface area (Å²) in [5, 5.41) is 9.49. The second-order valence-corrected chi connectivity index (χ2v) is 9.44. The molecule has 154 valence electrons. The van der Waals surface area contributed by atoms with E-state index in [0.717, 1.165) is 28.9 Å². The molecule has 0 amide bonds. The monoisotopic (exact) mass is 427 g/mol. The van der Waals surface area contributed by atoms with Gasteiger partial charge < -0.3 is 0 Å². The fraction of sp³-hybridized carbons (Fsp3) is 0.0800. The maximum Gasteiger partial charge on any atom is 0.229 e. The largest absolute Gasteiger partial charge is 0.284 e. The van der Waals surface area contributed by atoms with Gasteiger partial charge in [0.1, 0.15) is 0 Å². The minimum Gasteiger partial charge on any atom is -0.284 e. The molecule has 0 aliphatic carbocycles. The number of aromatic nitrogens is 2. The van der Waals surface area contributed by atoms with Gasteiger partial charge in [0.25, 0.3) is 0 Å². The van der Waals surface area contributed by atoms with Gasteiger partial charge in [-0.25, -0.2) is 13.1 Å². The van der Waals surface area contributed by atoms with E-state index in [1.807, 2.05) is 23.7 Å². The van der Waals surface area contributed by atoms with Crippen LogP contribution >= 0.6 is 0 Å². The van der Waals surface area contributed by atoms with Crippen LogP contribution in [0.3, 0.4) is 0 Å². The predicted octanol–water partition coefficient (Wildman–Crippen LogP) is 5.53. The van der Waals surface area contributed by atoms with Crippen molar-refractivity contribution in [1.29, 1.82) is 0 Å². The molecular weight excluding hydrogens is 406 g/mol. The van der Waals surface area contributed by atoms with Gasteiger partial charge in [0.05, 0.1) is 23.3 Å². The number of benzene rings is 4. The first-order valence-electron chi connectivity index (χ1n) is 9.95. The number of aryl methyl sites for hydroxylation is 1. The zero-order valence-electron chi connectivity index (χ0n) is 17.2. The van der Waals surface area contributed by atoms with E-state index in [0.29, 0.717) is 5.69 Å². The fourth-order valence-corrected chi connectivity index (χ4v) is 4.61. The summed E-state index contributed by atoms with van der Waals surface area (Å²) in [5.74, 6) is 0. The summed E-state index contributed by atoms with van der Waals surface area (Å²) in [4.78, 5) is 0. The lowest BCUT2D eigenvalue weighted by Gasteiger charge is -2.13. The molecule has 0 radical (unpaired) electrons. The number of hydrogen-bond acceptors (Lipinski definition) is 3. The number of fused-ring (bicyclic) bond motifs is 3. The van der Waals surface area contributed by atoms with Crippen LogP contribution in [0.5, 0.6) is 0 Å². The van der Waals surface area contributed by atoms with Crippen molar-refractivity contribution in [3.63, 3.8) is 0 Å². The van der Waals surface area contributed by atoms with Crippen LogP contribution in [-0.4, -0.2) is 24.5 Å². The van der Waals surface area contributed by atoms with E-state index < -0.39 is 10.0 Å². The van der Waals surface area contributed by atoms with Gasteiger partial charge in [0, 0.05) is 11.3 Å². The Morgan fingerprint density at radius 1 is 0.839 bits per heavy atom. The molecule has 0 aliphatic heterocycles. The maximum absolute atomic E-state index is 11.5. The van der Waals surface area contributed by atoms with Crippen molar-refractivity contribution < 1.29 is 8.42 Å². The highest BCUT2D eigenvalue weighted by Gasteiger charge is 2.14. The third-order valence-electron chi connectivity index (χ3n) is 5.29. The van der Waals surface area contributed by atoms with E-state index in [9.17, 15) is 8.42 Å². The van der Waals surface area contributed by atoms with Crippen molar-refractivity contribution in [2.45, 2.75) is 6.92 Å². The van der Waals surface area contributed by atoms with Gasteiger partial charge in [-0.1, -0.05) is 54.6 Å². The number of hydrogen-bond donors (Lipinski definition) is 1. The molecule has 0 atom stereocenters. The molecule has 0 unspecified atom stereocenters. The molecule has 0 fully saturated rings. The summed E-state index contributed by atoms with van der Waals surface area (Å²) in [6, 6.07) is 28.3. The van der Waals surface area contributed by atoms with Gasteiger partial charge >= 0.3 is 0 Å². The second kappa shape index (κ2) is 7.25. The minimum absolute atomic E-state index is 0.521. The fourth-order valence-electron chi connectivity index (χ4n) is 4.05. The van der Waals surface area contributed by atoms with Crippen LogP contribution in [0.15, 0.2) is 84.9 Å². The van der Waals surface area contributed by atoms with Crippen molar-refractivity contribution in [2.24, 2.45) is 0 Å². The lowest BCUT2D eigenvalue weighted by Crippen LogP contribution is -2.09. The normalized spacial score (nSPS) is 11.8. The highest BCUT2D eigenvalue weighted by atomic mass is 32.2. The van der Waals surface area contributed by atoms with E-state index in [4.69, 9.17) is 5.10 Å². The van der Waals surface area contributed by atoms with Crippen molar-refractivity contribution in [3.8, 4) is 16.9 Å². The van der Waals surface area contributed by atoms with E-state index in [2.05, 4.69) is 65.4 Å². The molecule has 5 rings (SSSR count). The van der Waals surface area contributed by atoms with Gasteiger partial charge in [0.15, 0.2) is 0 Å². The van der Waals surface area contributed by atoms with Crippen LogP contribution in [0, 0.1) is 6.92 Å². The third-order valence-corrected chi connectivity index (χ3v) is 5.90. The number of nitrogens with one attached hydrogen (secondary N) is 1. The Hall–Kier alpha value is -3.64. The third kappa shape index (κ3) is 3.66. The highest BCUT2D eigenvalue weighted by Crippen LogP contribution is 2.35. The molecule has 5 nitrogen and oxygen atoms in total. The Bertz CT molecular complexity index is 1530. The molecular formula is C25H21N3O2S. The van der Waals surface area contributed by atoms with Gasteiger partial charge in [-0.15, -0.1) is 0 Å². The standard InChI is InChI=1S/C25H21N3O2S/c1-17-16-24(28(26-17)21-14-12-20(13-15-21)27-31(2,29)30)23-9-5-7-19-11-10-18-6-3-4-8-22(18)25(19)23/h3-16,27H,1-2H3. The quantitative estimate of drug-likeness (QED) is 0.384. The van der Waals surface area contributed by atoms with E-state index in [-0.39, 0.29) is 0 Å². The summed E-state index contributed by atoms with van der Waals surface area (Å²) in [7, 11) is -3.32. The first-order chi connectivity index (χ1) is 14.9. The Morgan fingerprint density at radius 3 is 2.32 bits per heavy atom. The average Bonchev–Trinajstić information content (AvgIpc) is 3.14. The molecule has 0 bridgehead atoms. The SMILES string of the molecule is Cc1cc(-c2cccc3ccc4ccccc4c23)n(-c2ccc(NS(C)(=O)=O)cc2)n1. The molecule has 0 spiro atoms. The van der Waals surface area contributed by atoms with Crippen LogP contribution in [-0.2, 0) is 10.0 Å². The van der Waals surface area contributed by atoms with Crippen molar-refractivity contribution in [2.75, 3.05) is 11.0 Å². The van der Waals surface area contributed by atoms with Crippen LogP contribution in [0.1, 0.15) is 5.69 Å². The van der Waals surface area contributed by atoms with Crippen LogP contribution in [0.4, 0.5) is 5.69 Å². The molecule has 0 aliphatic rings. The van der Waals surface area contributed by atoms with Crippen LogP contribution in [0.2, 0.25) is 0 Å². The lowest BCUT2D eigenvalue weighted by molar-refractivity contribution is 0.607. The first kappa shape index (κ1) is 19.3. The van der Waals surface area contributed by atoms with Crippen molar-refractivity contribution >= 4 is 37.3 Å². The Balaban J connectivity index is 1.70. The molecule has 5 aromatic rings. The molecule has 1 aromatic heterocycles. The predicted molar refractivity (Wildman–Crippen MR) is 127 cm³/mol. The maximum atomic E-state index is 11.5. The number of sulfonamides is 1. The van der Waals surface area contributed by atoms with Gasteiger partial charge in [-0.2, -0.15) is 5.10 Å². The number of anilines is 1. The summed E-state index contributed by atoms with van der Waals surface area (Å²) in [6.07, 6.45) is 1.14. The summed E-state index contributed by atoms with van der Waals surface area (Å²) in [5.41, 5.74) is 4.38. The van der Waals surface area contributed by atoms with Crippen LogP contribution < -0.4 is 4.72 Å².